The van der Waals surface area contributed by atoms with Crippen LogP contribution in [-0.4, -0.2) is 61.5 Å². The van der Waals surface area contributed by atoms with Gasteiger partial charge in [-0.05, 0) is 45.3 Å². The lowest BCUT2D eigenvalue weighted by molar-refractivity contribution is -0.135. The lowest BCUT2D eigenvalue weighted by atomic mass is 9.99. The number of nitrogens with zero attached hydrogens (tertiary/aromatic N) is 2. The maximum absolute atomic E-state index is 12.4. The van der Waals surface area contributed by atoms with E-state index in [0.29, 0.717) is 12.0 Å². The topological polar surface area (TPSA) is 35.6 Å². The Bertz CT molecular complexity index is 282. The fourth-order valence-electron chi connectivity index (χ4n) is 3.02. The van der Waals surface area contributed by atoms with Crippen molar-refractivity contribution in [3.05, 3.63) is 0 Å². The van der Waals surface area contributed by atoms with Gasteiger partial charge in [0.25, 0.3) is 0 Å². The highest BCUT2D eigenvalue weighted by Crippen LogP contribution is 2.20. The first-order chi connectivity index (χ1) is 8.09. The van der Waals surface area contributed by atoms with Crippen molar-refractivity contribution in [1.82, 2.24) is 15.1 Å². The van der Waals surface area contributed by atoms with Gasteiger partial charge in [-0.25, -0.2) is 0 Å². The maximum Gasteiger partial charge on any atom is 0.240 e. The van der Waals surface area contributed by atoms with Gasteiger partial charge in [0.15, 0.2) is 0 Å². The van der Waals surface area contributed by atoms with E-state index in [-0.39, 0.29) is 11.9 Å². The second kappa shape index (κ2) is 5.36. The van der Waals surface area contributed by atoms with Gasteiger partial charge in [-0.2, -0.15) is 0 Å². The molecule has 4 nitrogen and oxygen atoms in total. The van der Waals surface area contributed by atoms with Crippen LogP contribution in [0, 0.1) is 5.92 Å². The first-order valence-corrected chi connectivity index (χ1v) is 6.78. The number of hydrogen-bond donors (Lipinski definition) is 1. The van der Waals surface area contributed by atoms with E-state index in [1.54, 1.807) is 0 Å². The van der Waals surface area contributed by atoms with Crippen molar-refractivity contribution in [1.29, 1.82) is 0 Å². The summed E-state index contributed by atoms with van der Waals surface area (Å²) in [5.41, 5.74) is 0. The minimum Gasteiger partial charge on any atom is -0.340 e. The van der Waals surface area contributed by atoms with Crippen LogP contribution in [0.1, 0.15) is 26.2 Å². The van der Waals surface area contributed by atoms with Gasteiger partial charge < -0.3 is 15.1 Å². The fraction of sp³-hybridized carbons (Fsp3) is 0.923. The summed E-state index contributed by atoms with van der Waals surface area (Å²) < 4.78 is 0. The zero-order valence-electron chi connectivity index (χ0n) is 11.3. The number of rotatable bonds is 2. The molecule has 2 saturated heterocycles. The standard InChI is InChI=1S/C13H25N3O/c1-10-6-7-14-12(10)13(17)16(3)11-5-4-8-15(2)9-11/h10-12,14H,4-9H2,1-3H3. The average Bonchev–Trinajstić information content (AvgIpc) is 2.73. The molecule has 0 saturated carbocycles. The first-order valence-electron chi connectivity index (χ1n) is 6.78. The zero-order valence-corrected chi connectivity index (χ0v) is 11.3. The van der Waals surface area contributed by atoms with Crippen LogP contribution in [0.5, 0.6) is 0 Å². The molecule has 3 atom stereocenters. The molecule has 0 bridgehead atoms. The molecule has 2 aliphatic rings. The predicted molar refractivity (Wildman–Crippen MR) is 68.9 cm³/mol. The van der Waals surface area contributed by atoms with Crippen molar-refractivity contribution in [3.8, 4) is 0 Å². The second-order valence-electron chi connectivity index (χ2n) is 5.71. The highest BCUT2D eigenvalue weighted by molar-refractivity contribution is 5.82. The summed E-state index contributed by atoms with van der Waals surface area (Å²) in [4.78, 5) is 16.7. The van der Waals surface area contributed by atoms with E-state index in [1.807, 2.05) is 11.9 Å². The smallest absolute Gasteiger partial charge is 0.240 e. The van der Waals surface area contributed by atoms with Gasteiger partial charge in [0.1, 0.15) is 0 Å². The molecule has 2 heterocycles. The molecule has 0 aliphatic carbocycles. The molecule has 4 heteroatoms. The maximum atomic E-state index is 12.4. The first kappa shape index (κ1) is 12.8. The summed E-state index contributed by atoms with van der Waals surface area (Å²) in [7, 11) is 4.11. The number of nitrogens with one attached hydrogen (secondary N) is 1. The van der Waals surface area contributed by atoms with E-state index in [2.05, 4.69) is 24.2 Å². The lowest BCUT2D eigenvalue weighted by Crippen LogP contribution is -2.52. The van der Waals surface area contributed by atoms with Crippen LogP contribution in [0.15, 0.2) is 0 Å². The van der Waals surface area contributed by atoms with Crippen molar-refractivity contribution < 1.29 is 4.79 Å². The average molecular weight is 239 g/mol. The minimum atomic E-state index is 0.0484. The monoisotopic (exact) mass is 239 g/mol. The van der Waals surface area contributed by atoms with Crippen molar-refractivity contribution in [2.24, 2.45) is 5.92 Å². The SMILES string of the molecule is CC1CCNC1C(=O)N(C)C1CCCN(C)C1. The largest absolute Gasteiger partial charge is 0.340 e. The molecular weight excluding hydrogens is 214 g/mol. The Hall–Kier alpha value is -0.610. The summed E-state index contributed by atoms with van der Waals surface area (Å²) in [6, 6.07) is 0.447. The highest BCUT2D eigenvalue weighted by Gasteiger charge is 2.34. The molecule has 17 heavy (non-hydrogen) atoms. The third-order valence-corrected chi connectivity index (χ3v) is 4.29. The van der Waals surface area contributed by atoms with Crippen LogP contribution in [-0.2, 0) is 4.79 Å². The molecule has 1 N–H and O–H groups in total. The van der Waals surface area contributed by atoms with E-state index in [9.17, 15) is 4.79 Å². The molecule has 0 spiro atoms. The normalized spacial score (nSPS) is 34.9. The second-order valence-corrected chi connectivity index (χ2v) is 5.71. The van der Waals surface area contributed by atoms with Gasteiger partial charge in [0.2, 0.25) is 5.91 Å². The molecule has 2 rings (SSSR count). The van der Waals surface area contributed by atoms with Crippen LogP contribution >= 0.6 is 0 Å². The van der Waals surface area contributed by atoms with E-state index in [1.165, 1.54) is 6.42 Å². The Labute approximate surface area is 104 Å². The highest BCUT2D eigenvalue weighted by atomic mass is 16.2. The molecule has 1 amide bonds. The number of likely N-dealkylation sites (tertiary alicyclic amines) is 1. The van der Waals surface area contributed by atoms with E-state index < -0.39 is 0 Å². The third kappa shape index (κ3) is 2.80. The molecule has 2 fully saturated rings. The van der Waals surface area contributed by atoms with Gasteiger partial charge in [-0.1, -0.05) is 6.92 Å². The van der Waals surface area contributed by atoms with Crippen molar-refractivity contribution in [2.75, 3.05) is 33.7 Å². The molecule has 0 aromatic carbocycles. The molecule has 2 aliphatic heterocycles. The Morgan fingerprint density at radius 2 is 2.18 bits per heavy atom. The van der Waals surface area contributed by atoms with Crippen LogP contribution in [0.3, 0.4) is 0 Å². The minimum absolute atomic E-state index is 0.0484. The van der Waals surface area contributed by atoms with Crippen LogP contribution in [0.4, 0.5) is 0 Å². The summed E-state index contributed by atoms with van der Waals surface area (Å²) in [5, 5.41) is 3.33. The summed E-state index contributed by atoms with van der Waals surface area (Å²) in [5.74, 6) is 0.765. The van der Waals surface area contributed by atoms with Gasteiger partial charge in [-0.15, -0.1) is 0 Å². The molecule has 0 aromatic rings. The number of amides is 1. The van der Waals surface area contributed by atoms with Crippen LogP contribution < -0.4 is 5.32 Å². The van der Waals surface area contributed by atoms with E-state index >= 15 is 0 Å². The summed E-state index contributed by atoms with van der Waals surface area (Å²) >= 11 is 0. The summed E-state index contributed by atoms with van der Waals surface area (Å²) in [6.45, 7) is 5.33. The number of carbonyl (C=O) groups excluding carboxylic acids is 1. The Balaban J connectivity index is 1.94. The molecule has 98 valence electrons. The van der Waals surface area contributed by atoms with Gasteiger partial charge in [0, 0.05) is 19.6 Å². The Morgan fingerprint density at radius 1 is 1.41 bits per heavy atom. The molecule has 0 radical (unpaired) electrons. The van der Waals surface area contributed by atoms with Crippen molar-refractivity contribution >= 4 is 5.91 Å². The number of piperidine rings is 1. The predicted octanol–water partition coefficient (Wildman–Crippen LogP) is 0.537. The van der Waals surface area contributed by atoms with Crippen LogP contribution in [0.2, 0.25) is 0 Å². The number of hydrogen-bond acceptors (Lipinski definition) is 3. The van der Waals surface area contributed by atoms with Gasteiger partial charge in [0.05, 0.1) is 6.04 Å². The Morgan fingerprint density at radius 3 is 2.76 bits per heavy atom. The van der Waals surface area contributed by atoms with Gasteiger partial charge in [-0.3, -0.25) is 4.79 Å². The third-order valence-electron chi connectivity index (χ3n) is 4.29. The number of carbonyl (C=O) groups is 1. The van der Waals surface area contributed by atoms with Crippen molar-refractivity contribution in [2.45, 2.75) is 38.3 Å². The van der Waals surface area contributed by atoms with E-state index in [4.69, 9.17) is 0 Å². The molecule has 0 aromatic heterocycles. The van der Waals surface area contributed by atoms with Gasteiger partial charge >= 0.3 is 0 Å². The quantitative estimate of drug-likeness (QED) is 0.764. The van der Waals surface area contributed by atoms with Crippen molar-refractivity contribution in [3.63, 3.8) is 0 Å². The van der Waals surface area contributed by atoms with Crippen LogP contribution in [0.25, 0.3) is 0 Å². The molecule has 3 unspecified atom stereocenters. The molecular formula is C13H25N3O. The fourth-order valence-corrected chi connectivity index (χ4v) is 3.02. The van der Waals surface area contributed by atoms with E-state index in [0.717, 1.165) is 32.5 Å². The zero-order chi connectivity index (χ0) is 12.4. The Kier molecular flexibility index (Phi) is 4.05. The number of likely N-dealkylation sites (N-methyl/N-ethyl adjacent to an activating group) is 2. The summed E-state index contributed by atoms with van der Waals surface area (Å²) in [6.07, 6.45) is 3.47. The lowest BCUT2D eigenvalue weighted by Gasteiger charge is -2.37.